The third-order valence-electron chi connectivity index (χ3n) is 3.29. The molecule has 6 heteroatoms. The Morgan fingerprint density at radius 3 is 3.24 bits per heavy atom. The Labute approximate surface area is 127 Å². The Bertz CT molecular complexity index is 595. The third kappa shape index (κ3) is 3.86. The molecule has 0 aliphatic carbocycles. The maximum atomic E-state index is 12.1. The minimum atomic E-state index is 0.0321. The first kappa shape index (κ1) is 14.2. The lowest BCUT2D eigenvalue weighted by Gasteiger charge is -2.22. The first-order chi connectivity index (χ1) is 10.3. The minimum Gasteiger partial charge on any atom is -0.444 e. The van der Waals surface area contributed by atoms with Gasteiger partial charge in [-0.1, -0.05) is 12.1 Å². The van der Waals surface area contributed by atoms with Crippen LogP contribution in [-0.4, -0.2) is 35.0 Å². The molecule has 1 aliphatic heterocycles. The average Bonchev–Trinajstić information content (AvgIpc) is 3.02. The summed E-state index contributed by atoms with van der Waals surface area (Å²) in [6.45, 7) is 0.976. The van der Waals surface area contributed by atoms with Crippen LogP contribution in [0.2, 0.25) is 0 Å². The largest absolute Gasteiger partial charge is 0.444 e. The highest BCUT2D eigenvalue weighted by Gasteiger charge is 2.16. The zero-order valence-corrected chi connectivity index (χ0v) is 12.4. The van der Waals surface area contributed by atoms with E-state index in [-0.39, 0.29) is 11.9 Å². The molecule has 2 heterocycles. The third-order valence-corrected chi connectivity index (χ3v) is 4.42. The highest BCUT2D eigenvalue weighted by atomic mass is 32.2. The fourth-order valence-electron chi connectivity index (χ4n) is 2.30. The van der Waals surface area contributed by atoms with Gasteiger partial charge in [0.25, 0.3) is 0 Å². The van der Waals surface area contributed by atoms with E-state index >= 15 is 0 Å². The average molecular weight is 303 g/mol. The second kappa shape index (κ2) is 6.78. The Hall–Kier alpha value is -1.79. The highest BCUT2D eigenvalue weighted by molar-refractivity contribution is 7.99. The maximum absolute atomic E-state index is 12.1. The normalized spacial score (nSPS) is 18.4. The van der Waals surface area contributed by atoms with Gasteiger partial charge in [-0.15, -0.1) is 0 Å². The van der Waals surface area contributed by atoms with E-state index in [9.17, 15) is 4.79 Å². The number of hydrogen-bond donors (Lipinski definition) is 2. The molecule has 3 rings (SSSR count). The number of thioether (sulfide) groups is 1. The Morgan fingerprint density at radius 2 is 2.48 bits per heavy atom. The number of aromatic nitrogens is 1. The van der Waals surface area contributed by atoms with Crippen LogP contribution in [0, 0.1) is 0 Å². The quantitative estimate of drug-likeness (QED) is 0.907. The lowest BCUT2D eigenvalue weighted by atomic mass is 10.1. The van der Waals surface area contributed by atoms with E-state index in [4.69, 9.17) is 4.42 Å². The second-order valence-electron chi connectivity index (χ2n) is 4.92. The van der Waals surface area contributed by atoms with Crippen molar-refractivity contribution in [1.29, 1.82) is 0 Å². The molecule has 1 amide bonds. The Kier molecular flexibility index (Phi) is 4.57. The van der Waals surface area contributed by atoms with E-state index in [0.29, 0.717) is 12.2 Å². The van der Waals surface area contributed by atoms with Crippen LogP contribution in [0.25, 0.3) is 11.3 Å². The molecule has 0 spiro atoms. The zero-order valence-electron chi connectivity index (χ0n) is 11.5. The fraction of sp³-hybridized carbons (Fsp3) is 0.333. The van der Waals surface area contributed by atoms with Crippen molar-refractivity contribution in [1.82, 2.24) is 10.3 Å². The first-order valence-corrected chi connectivity index (χ1v) is 8.06. The van der Waals surface area contributed by atoms with Gasteiger partial charge in [-0.2, -0.15) is 11.8 Å². The molecule has 1 atom stereocenters. The van der Waals surface area contributed by atoms with Crippen LogP contribution >= 0.6 is 11.8 Å². The molecule has 1 aromatic heterocycles. The molecule has 1 fully saturated rings. The van der Waals surface area contributed by atoms with E-state index in [1.165, 1.54) is 6.39 Å². The molecule has 21 heavy (non-hydrogen) atoms. The summed E-state index contributed by atoms with van der Waals surface area (Å²) in [5.41, 5.74) is 1.68. The van der Waals surface area contributed by atoms with Crippen LogP contribution in [0.1, 0.15) is 6.42 Å². The summed E-state index contributed by atoms with van der Waals surface area (Å²) < 4.78 is 5.26. The summed E-state index contributed by atoms with van der Waals surface area (Å²) in [7, 11) is 0. The number of anilines is 1. The first-order valence-electron chi connectivity index (χ1n) is 6.91. The maximum Gasteiger partial charge on any atom is 0.225 e. The molecule has 110 valence electrons. The molecular weight excluding hydrogens is 286 g/mol. The van der Waals surface area contributed by atoms with Gasteiger partial charge in [-0.3, -0.25) is 4.79 Å². The predicted octanol–water partition coefficient (Wildman–Crippen LogP) is 2.38. The van der Waals surface area contributed by atoms with Crippen LogP contribution in [0.3, 0.4) is 0 Å². The van der Waals surface area contributed by atoms with E-state index in [1.807, 2.05) is 36.0 Å². The van der Waals surface area contributed by atoms with Crippen LogP contribution in [0.15, 0.2) is 41.3 Å². The number of nitrogens with zero attached hydrogens (tertiary/aromatic N) is 1. The lowest BCUT2D eigenvalue weighted by Crippen LogP contribution is -2.39. The molecule has 1 aromatic carbocycles. The highest BCUT2D eigenvalue weighted by Crippen LogP contribution is 2.22. The molecular formula is C15H17N3O2S. The topological polar surface area (TPSA) is 67.2 Å². The summed E-state index contributed by atoms with van der Waals surface area (Å²) in [6.07, 6.45) is 3.55. The van der Waals surface area contributed by atoms with Gasteiger partial charge in [0.15, 0.2) is 12.2 Å². The van der Waals surface area contributed by atoms with Gasteiger partial charge in [0.05, 0.1) is 6.20 Å². The summed E-state index contributed by atoms with van der Waals surface area (Å²) in [5.74, 6) is 2.84. The number of rotatable bonds is 4. The molecule has 2 aromatic rings. The van der Waals surface area contributed by atoms with Crippen molar-refractivity contribution < 1.29 is 9.21 Å². The minimum absolute atomic E-state index is 0.0321. The SMILES string of the molecule is O=C(CC1CSCCN1)Nc1cccc(-c2cnco2)c1. The van der Waals surface area contributed by atoms with Gasteiger partial charge in [-0.25, -0.2) is 4.98 Å². The number of amides is 1. The van der Waals surface area contributed by atoms with Crippen molar-refractivity contribution in [3.05, 3.63) is 36.9 Å². The summed E-state index contributed by atoms with van der Waals surface area (Å²) >= 11 is 1.89. The fourth-order valence-corrected chi connectivity index (χ4v) is 3.24. The van der Waals surface area contributed by atoms with Gasteiger partial charge < -0.3 is 15.1 Å². The second-order valence-corrected chi connectivity index (χ2v) is 6.07. The summed E-state index contributed by atoms with van der Waals surface area (Å²) in [6, 6.07) is 7.85. The van der Waals surface area contributed by atoms with Crippen molar-refractivity contribution in [3.63, 3.8) is 0 Å². The summed E-state index contributed by atoms with van der Waals surface area (Å²) in [4.78, 5) is 16.0. The van der Waals surface area contributed by atoms with Crippen molar-refractivity contribution in [2.45, 2.75) is 12.5 Å². The number of benzene rings is 1. The van der Waals surface area contributed by atoms with Crippen LogP contribution in [0.4, 0.5) is 5.69 Å². The Balaban J connectivity index is 1.62. The number of carbonyl (C=O) groups excluding carboxylic acids is 1. The number of hydrogen-bond acceptors (Lipinski definition) is 5. The van der Waals surface area contributed by atoms with Crippen molar-refractivity contribution in [2.24, 2.45) is 0 Å². The van der Waals surface area contributed by atoms with Crippen molar-refractivity contribution in [2.75, 3.05) is 23.4 Å². The van der Waals surface area contributed by atoms with Gasteiger partial charge in [0, 0.05) is 41.8 Å². The number of oxazole rings is 1. The van der Waals surface area contributed by atoms with E-state index in [1.54, 1.807) is 6.20 Å². The van der Waals surface area contributed by atoms with Gasteiger partial charge in [0.2, 0.25) is 5.91 Å². The molecule has 1 aliphatic rings. The van der Waals surface area contributed by atoms with E-state index < -0.39 is 0 Å². The zero-order chi connectivity index (χ0) is 14.5. The van der Waals surface area contributed by atoms with E-state index in [2.05, 4.69) is 15.6 Å². The predicted molar refractivity (Wildman–Crippen MR) is 84.3 cm³/mol. The van der Waals surface area contributed by atoms with Gasteiger partial charge in [-0.05, 0) is 12.1 Å². The molecule has 1 unspecified atom stereocenters. The van der Waals surface area contributed by atoms with Crippen LogP contribution < -0.4 is 10.6 Å². The van der Waals surface area contributed by atoms with Crippen LogP contribution in [0.5, 0.6) is 0 Å². The Morgan fingerprint density at radius 1 is 1.52 bits per heavy atom. The smallest absolute Gasteiger partial charge is 0.225 e. The standard InChI is InChI=1S/C15H17N3O2S/c19-15(7-13-9-21-5-4-17-13)18-12-3-1-2-11(6-12)14-8-16-10-20-14/h1-3,6,8,10,13,17H,4-5,7,9H2,(H,18,19). The lowest BCUT2D eigenvalue weighted by molar-refractivity contribution is -0.116. The molecule has 5 nitrogen and oxygen atoms in total. The van der Waals surface area contributed by atoms with Crippen molar-refractivity contribution >= 4 is 23.4 Å². The van der Waals surface area contributed by atoms with Crippen molar-refractivity contribution in [3.8, 4) is 11.3 Å². The van der Waals surface area contributed by atoms with Crippen LogP contribution in [-0.2, 0) is 4.79 Å². The number of carbonyl (C=O) groups is 1. The molecule has 2 N–H and O–H groups in total. The number of nitrogens with one attached hydrogen (secondary N) is 2. The summed E-state index contributed by atoms with van der Waals surface area (Å²) in [5, 5.41) is 6.31. The monoisotopic (exact) mass is 303 g/mol. The molecule has 0 bridgehead atoms. The molecule has 0 saturated carbocycles. The van der Waals surface area contributed by atoms with Gasteiger partial charge in [0.1, 0.15) is 0 Å². The van der Waals surface area contributed by atoms with Gasteiger partial charge >= 0.3 is 0 Å². The molecule has 1 saturated heterocycles. The molecule has 0 radical (unpaired) electrons. The van der Waals surface area contributed by atoms with E-state index in [0.717, 1.165) is 29.3 Å².